The maximum atomic E-state index is 13.3. The highest BCUT2D eigenvalue weighted by molar-refractivity contribution is 9.10. The molecule has 4 heteroatoms. The van der Waals surface area contributed by atoms with Gasteiger partial charge in [0.1, 0.15) is 10.4 Å². The maximum Gasteiger partial charge on any atom is 0.146 e. The zero-order valence-electron chi connectivity index (χ0n) is 8.45. The molecular weight excluding hydrogens is 271 g/mol. The van der Waals surface area contributed by atoms with Gasteiger partial charge in [0.05, 0.1) is 5.69 Å². The standard InChI is InChI=1S/C12H10BrFN2/c13-12-7-9(5-6-15-12)8-16-11-4-2-1-3-10(11)14/h1-7,16H,8H2. The van der Waals surface area contributed by atoms with E-state index in [9.17, 15) is 4.39 Å². The van der Waals surface area contributed by atoms with Crippen molar-refractivity contribution in [2.45, 2.75) is 6.54 Å². The zero-order valence-corrected chi connectivity index (χ0v) is 10.0. The van der Waals surface area contributed by atoms with Crippen molar-refractivity contribution in [3.63, 3.8) is 0 Å². The van der Waals surface area contributed by atoms with Crippen molar-refractivity contribution in [2.24, 2.45) is 0 Å². The first-order chi connectivity index (χ1) is 7.75. The number of rotatable bonds is 3. The second kappa shape index (κ2) is 5.07. The van der Waals surface area contributed by atoms with Crippen LogP contribution in [0, 0.1) is 5.82 Å². The number of nitrogens with zero attached hydrogens (tertiary/aromatic N) is 1. The van der Waals surface area contributed by atoms with Crippen LogP contribution in [0.5, 0.6) is 0 Å². The summed E-state index contributed by atoms with van der Waals surface area (Å²) in [6.45, 7) is 0.571. The average Bonchev–Trinajstić information content (AvgIpc) is 2.28. The summed E-state index contributed by atoms with van der Waals surface area (Å²) in [6, 6.07) is 10.4. The Morgan fingerprint density at radius 1 is 1.25 bits per heavy atom. The highest BCUT2D eigenvalue weighted by Crippen LogP contribution is 2.14. The molecule has 0 aliphatic rings. The first-order valence-electron chi connectivity index (χ1n) is 4.84. The molecule has 1 aromatic carbocycles. The molecule has 0 atom stereocenters. The summed E-state index contributed by atoms with van der Waals surface area (Å²) in [6.07, 6.45) is 1.71. The van der Waals surface area contributed by atoms with Gasteiger partial charge >= 0.3 is 0 Å². The lowest BCUT2D eigenvalue weighted by Gasteiger charge is -2.07. The third-order valence-corrected chi connectivity index (χ3v) is 2.58. The van der Waals surface area contributed by atoms with Crippen LogP contribution in [0.15, 0.2) is 47.2 Å². The van der Waals surface area contributed by atoms with Gasteiger partial charge in [-0.1, -0.05) is 12.1 Å². The molecule has 0 fully saturated rings. The predicted octanol–water partition coefficient (Wildman–Crippen LogP) is 3.60. The number of nitrogens with one attached hydrogen (secondary N) is 1. The van der Waals surface area contributed by atoms with E-state index in [0.29, 0.717) is 12.2 Å². The molecule has 0 saturated carbocycles. The minimum absolute atomic E-state index is 0.240. The molecule has 0 aliphatic carbocycles. The average molecular weight is 281 g/mol. The third kappa shape index (κ3) is 2.79. The fourth-order valence-corrected chi connectivity index (χ4v) is 1.77. The normalized spacial score (nSPS) is 10.1. The molecule has 2 nitrogen and oxygen atoms in total. The van der Waals surface area contributed by atoms with Gasteiger partial charge in [-0.2, -0.15) is 0 Å². The van der Waals surface area contributed by atoms with E-state index in [-0.39, 0.29) is 5.82 Å². The van der Waals surface area contributed by atoms with Crippen molar-refractivity contribution in [1.82, 2.24) is 4.98 Å². The third-order valence-electron chi connectivity index (χ3n) is 2.15. The van der Waals surface area contributed by atoms with Gasteiger partial charge in [0.2, 0.25) is 0 Å². The van der Waals surface area contributed by atoms with Crippen LogP contribution in [0.25, 0.3) is 0 Å². The van der Waals surface area contributed by atoms with Gasteiger partial charge in [-0.25, -0.2) is 9.37 Å². The fraction of sp³-hybridized carbons (Fsp3) is 0.0833. The molecule has 1 aromatic heterocycles. The van der Waals surface area contributed by atoms with Crippen LogP contribution >= 0.6 is 15.9 Å². The van der Waals surface area contributed by atoms with Crippen molar-refractivity contribution in [3.8, 4) is 0 Å². The second-order valence-electron chi connectivity index (χ2n) is 3.32. The molecule has 1 N–H and O–H groups in total. The van der Waals surface area contributed by atoms with Gasteiger partial charge in [0.15, 0.2) is 0 Å². The largest absolute Gasteiger partial charge is 0.379 e. The molecule has 82 valence electrons. The van der Waals surface area contributed by atoms with Crippen LogP contribution < -0.4 is 5.32 Å². The van der Waals surface area contributed by atoms with E-state index in [1.807, 2.05) is 12.1 Å². The summed E-state index contributed by atoms with van der Waals surface area (Å²) in [7, 11) is 0. The molecule has 16 heavy (non-hydrogen) atoms. The number of hydrogen-bond acceptors (Lipinski definition) is 2. The first kappa shape index (κ1) is 11.1. The Kier molecular flexibility index (Phi) is 3.51. The molecule has 0 unspecified atom stereocenters. The van der Waals surface area contributed by atoms with Gasteiger partial charge in [0.25, 0.3) is 0 Å². The number of pyridine rings is 1. The van der Waals surface area contributed by atoms with E-state index < -0.39 is 0 Å². The summed E-state index contributed by atoms with van der Waals surface area (Å²) < 4.78 is 14.1. The fourth-order valence-electron chi connectivity index (χ4n) is 1.35. The second-order valence-corrected chi connectivity index (χ2v) is 4.13. The highest BCUT2D eigenvalue weighted by atomic mass is 79.9. The van der Waals surface area contributed by atoms with Crippen LogP contribution in [0.3, 0.4) is 0 Å². The molecule has 2 aromatic rings. The minimum atomic E-state index is -0.240. The molecule has 0 amide bonds. The molecule has 0 spiro atoms. The van der Waals surface area contributed by atoms with Crippen LogP contribution in [-0.4, -0.2) is 4.98 Å². The summed E-state index contributed by atoms with van der Waals surface area (Å²) >= 11 is 3.29. The summed E-state index contributed by atoms with van der Waals surface area (Å²) in [5.41, 5.74) is 1.56. The number of benzene rings is 1. The summed E-state index contributed by atoms with van der Waals surface area (Å²) in [5, 5.41) is 3.03. The van der Waals surface area contributed by atoms with Gasteiger partial charge in [-0.3, -0.25) is 0 Å². The topological polar surface area (TPSA) is 24.9 Å². The van der Waals surface area contributed by atoms with Crippen LogP contribution in [0.2, 0.25) is 0 Å². The number of para-hydroxylation sites is 1. The van der Waals surface area contributed by atoms with E-state index in [4.69, 9.17) is 0 Å². The van der Waals surface area contributed by atoms with Gasteiger partial charge in [-0.05, 0) is 45.8 Å². The lowest BCUT2D eigenvalue weighted by Crippen LogP contribution is -2.01. The molecule has 0 aliphatic heterocycles. The Balaban J connectivity index is 2.05. The van der Waals surface area contributed by atoms with Crippen molar-refractivity contribution >= 4 is 21.6 Å². The SMILES string of the molecule is Fc1ccccc1NCc1ccnc(Br)c1. The van der Waals surface area contributed by atoms with Crippen LogP contribution in [0.1, 0.15) is 5.56 Å². The Bertz CT molecular complexity index is 488. The Hall–Kier alpha value is -1.42. The number of halogens is 2. The van der Waals surface area contributed by atoms with E-state index in [1.165, 1.54) is 6.07 Å². The van der Waals surface area contributed by atoms with Crippen LogP contribution in [-0.2, 0) is 6.54 Å². The number of aromatic nitrogens is 1. The Morgan fingerprint density at radius 3 is 2.81 bits per heavy atom. The molecule has 1 heterocycles. The monoisotopic (exact) mass is 280 g/mol. The van der Waals surface area contributed by atoms with Crippen molar-refractivity contribution in [1.29, 1.82) is 0 Å². The molecular formula is C12H10BrFN2. The van der Waals surface area contributed by atoms with Crippen molar-refractivity contribution in [2.75, 3.05) is 5.32 Å². The van der Waals surface area contributed by atoms with Gasteiger partial charge < -0.3 is 5.32 Å². The van der Waals surface area contributed by atoms with Crippen LogP contribution in [0.4, 0.5) is 10.1 Å². The zero-order chi connectivity index (χ0) is 11.4. The first-order valence-corrected chi connectivity index (χ1v) is 5.64. The van der Waals surface area contributed by atoms with Gasteiger partial charge in [0, 0.05) is 12.7 Å². The van der Waals surface area contributed by atoms with E-state index >= 15 is 0 Å². The number of hydrogen-bond donors (Lipinski definition) is 1. The predicted molar refractivity (Wildman–Crippen MR) is 65.7 cm³/mol. The smallest absolute Gasteiger partial charge is 0.146 e. The minimum Gasteiger partial charge on any atom is -0.379 e. The number of anilines is 1. The highest BCUT2D eigenvalue weighted by Gasteiger charge is 2.00. The summed E-state index contributed by atoms with van der Waals surface area (Å²) in [5.74, 6) is -0.240. The van der Waals surface area contributed by atoms with E-state index in [2.05, 4.69) is 26.2 Å². The van der Waals surface area contributed by atoms with E-state index in [1.54, 1.807) is 24.4 Å². The maximum absolute atomic E-state index is 13.3. The van der Waals surface area contributed by atoms with E-state index in [0.717, 1.165) is 10.2 Å². The quantitative estimate of drug-likeness (QED) is 0.869. The molecule has 0 radical (unpaired) electrons. The van der Waals surface area contributed by atoms with Crippen molar-refractivity contribution in [3.05, 3.63) is 58.6 Å². The molecule has 2 rings (SSSR count). The van der Waals surface area contributed by atoms with Gasteiger partial charge in [-0.15, -0.1) is 0 Å². The lowest BCUT2D eigenvalue weighted by atomic mass is 10.2. The summed E-state index contributed by atoms with van der Waals surface area (Å²) in [4.78, 5) is 4.03. The molecule has 0 saturated heterocycles. The van der Waals surface area contributed by atoms with Crippen molar-refractivity contribution < 1.29 is 4.39 Å². The Labute approximate surface area is 102 Å². The molecule has 0 bridgehead atoms. The Morgan fingerprint density at radius 2 is 2.06 bits per heavy atom. The lowest BCUT2D eigenvalue weighted by molar-refractivity contribution is 0.630.